The number of carbonyl (C=O) groups is 2. The number of allylic oxidation sites excluding steroid dienone is 1. The number of nitrogens with one attached hydrogen (secondary N) is 1. The lowest BCUT2D eigenvalue weighted by Gasteiger charge is -2.09. The van der Waals surface area contributed by atoms with E-state index in [0.717, 1.165) is 16.0 Å². The fourth-order valence-electron chi connectivity index (χ4n) is 3.82. The van der Waals surface area contributed by atoms with Crippen molar-refractivity contribution in [2.75, 3.05) is 18.9 Å². The number of hydrogen-bond acceptors (Lipinski definition) is 8. The third-order valence-corrected chi connectivity index (χ3v) is 7.16. The van der Waals surface area contributed by atoms with Gasteiger partial charge in [-0.25, -0.2) is 9.59 Å². The van der Waals surface area contributed by atoms with Gasteiger partial charge in [-0.05, 0) is 31.1 Å². The Bertz CT molecular complexity index is 1340. The molecular formula is C27H24N2O4S2. The van der Waals surface area contributed by atoms with Gasteiger partial charge in [0.05, 0.1) is 13.2 Å². The molecule has 1 aliphatic rings. The summed E-state index contributed by atoms with van der Waals surface area (Å²) in [6, 6.07) is 19.0. The lowest BCUT2D eigenvalue weighted by atomic mass is 9.97. The van der Waals surface area contributed by atoms with E-state index in [1.165, 1.54) is 23.1 Å². The summed E-state index contributed by atoms with van der Waals surface area (Å²) in [4.78, 5) is 27.1. The van der Waals surface area contributed by atoms with Gasteiger partial charge in [-0.3, -0.25) is 5.41 Å². The number of nitrogen functional groups attached to an aromatic ring is 1. The maximum Gasteiger partial charge on any atom is 0.341 e. The molecular weight excluding hydrogens is 480 g/mol. The fourth-order valence-corrected chi connectivity index (χ4v) is 5.93. The molecule has 0 aliphatic carbocycles. The van der Waals surface area contributed by atoms with E-state index in [4.69, 9.17) is 20.6 Å². The fraction of sp³-hybridized carbons (Fsp3) is 0.148. The maximum atomic E-state index is 12.8. The second kappa shape index (κ2) is 10.8. The number of anilines is 1. The molecule has 0 saturated carbocycles. The first-order chi connectivity index (χ1) is 17.0. The van der Waals surface area contributed by atoms with Crippen molar-refractivity contribution in [3.8, 4) is 11.1 Å². The van der Waals surface area contributed by atoms with Crippen LogP contribution in [-0.4, -0.2) is 30.2 Å². The summed E-state index contributed by atoms with van der Waals surface area (Å²) in [5.41, 5.74) is 9.80. The highest BCUT2D eigenvalue weighted by molar-refractivity contribution is 8.18. The van der Waals surface area contributed by atoms with Crippen LogP contribution in [-0.2, 0) is 14.3 Å². The normalized spacial score (nSPS) is 14.5. The monoisotopic (exact) mass is 504 g/mol. The first-order valence-corrected chi connectivity index (χ1v) is 12.7. The van der Waals surface area contributed by atoms with Crippen molar-refractivity contribution in [3.63, 3.8) is 0 Å². The Balaban J connectivity index is 1.95. The number of rotatable bonds is 7. The molecule has 1 aliphatic heterocycles. The summed E-state index contributed by atoms with van der Waals surface area (Å²) < 4.78 is 10.6. The van der Waals surface area contributed by atoms with Gasteiger partial charge in [0.2, 0.25) is 0 Å². The van der Waals surface area contributed by atoms with Gasteiger partial charge in [-0.2, -0.15) is 0 Å². The first-order valence-electron chi connectivity index (χ1n) is 11.1. The van der Waals surface area contributed by atoms with Gasteiger partial charge in [0, 0.05) is 20.9 Å². The van der Waals surface area contributed by atoms with E-state index in [2.05, 4.69) is 0 Å². The molecule has 4 rings (SSSR count). The van der Waals surface area contributed by atoms with Gasteiger partial charge in [0.15, 0.2) is 0 Å². The van der Waals surface area contributed by atoms with Crippen molar-refractivity contribution in [3.05, 3.63) is 87.1 Å². The van der Waals surface area contributed by atoms with Crippen molar-refractivity contribution < 1.29 is 19.1 Å². The Morgan fingerprint density at radius 2 is 1.49 bits per heavy atom. The number of hydrogen-bond donors (Lipinski definition) is 2. The molecule has 0 atom stereocenters. The minimum atomic E-state index is -0.534. The highest BCUT2D eigenvalue weighted by Crippen LogP contribution is 2.48. The Kier molecular flexibility index (Phi) is 7.53. The topological polar surface area (TPSA) is 102 Å². The third-order valence-electron chi connectivity index (χ3n) is 5.24. The van der Waals surface area contributed by atoms with Crippen LogP contribution in [0.25, 0.3) is 22.8 Å². The predicted octanol–water partition coefficient (Wildman–Crippen LogP) is 6.26. The minimum Gasteiger partial charge on any atom is -0.462 e. The van der Waals surface area contributed by atoms with E-state index < -0.39 is 11.9 Å². The van der Waals surface area contributed by atoms with Gasteiger partial charge in [0.25, 0.3) is 0 Å². The van der Waals surface area contributed by atoms with Gasteiger partial charge in [-0.1, -0.05) is 72.4 Å². The highest BCUT2D eigenvalue weighted by Gasteiger charge is 2.33. The van der Waals surface area contributed by atoms with Crippen LogP contribution in [0.1, 0.15) is 34.6 Å². The van der Waals surface area contributed by atoms with Crippen LogP contribution in [0.5, 0.6) is 0 Å². The molecule has 0 unspecified atom stereocenters. The van der Waals surface area contributed by atoms with Crippen LogP contribution in [0.2, 0.25) is 0 Å². The van der Waals surface area contributed by atoms with Crippen LogP contribution in [0.3, 0.4) is 0 Å². The molecule has 2 heterocycles. The summed E-state index contributed by atoms with van der Waals surface area (Å²) in [6.07, 6.45) is 1.89. The standard InChI is InChI=1S/C27H24N2O4S2/c1-3-32-26(30)22-20(16-11-7-5-8-12-16)18(34-24(22)28)15-19-21(17-13-9-6-10-14-17)23(25(29)35-19)27(31)33-4-2/h5-15,28H,3-4,29H2,1-2H3/b18-15+,28-24?. The van der Waals surface area contributed by atoms with Gasteiger partial charge in [0.1, 0.15) is 21.2 Å². The summed E-state index contributed by atoms with van der Waals surface area (Å²) in [5.74, 6) is -1.02. The van der Waals surface area contributed by atoms with Gasteiger partial charge >= 0.3 is 11.9 Å². The Morgan fingerprint density at radius 1 is 0.914 bits per heavy atom. The molecule has 0 amide bonds. The molecule has 8 heteroatoms. The number of carbonyl (C=O) groups excluding carboxylic acids is 2. The van der Waals surface area contributed by atoms with Crippen molar-refractivity contribution in [2.24, 2.45) is 0 Å². The number of nitrogens with two attached hydrogens (primary N) is 1. The largest absolute Gasteiger partial charge is 0.462 e. The molecule has 1 aromatic heterocycles. The SMILES string of the molecule is CCOC(=O)C1=C(c2ccccc2)/C(=C\c2sc(N)c(C(=O)OCC)c2-c2ccccc2)SC1=N. The Morgan fingerprint density at radius 3 is 2.09 bits per heavy atom. The number of benzene rings is 2. The molecule has 178 valence electrons. The summed E-state index contributed by atoms with van der Waals surface area (Å²) in [6.45, 7) is 3.93. The molecule has 0 spiro atoms. The summed E-state index contributed by atoms with van der Waals surface area (Å²) in [5, 5.41) is 9.01. The van der Waals surface area contributed by atoms with Crippen molar-refractivity contribution in [2.45, 2.75) is 13.8 Å². The van der Waals surface area contributed by atoms with Crippen molar-refractivity contribution in [1.82, 2.24) is 0 Å². The molecule has 0 radical (unpaired) electrons. The van der Waals surface area contributed by atoms with Gasteiger partial charge < -0.3 is 15.2 Å². The van der Waals surface area contributed by atoms with E-state index in [1.807, 2.05) is 66.7 Å². The molecule has 0 fully saturated rings. The zero-order valence-electron chi connectivity index (χ0n) is 19.3. The first kappa shape index (κ1) is 24.5. The number of thiophene rings is 1. The molecule has 3 aromatic rings. The summed E-state index contributed by atoms with van der Waals surface area (Å²) >= 11 is 2.46. The van der Waals surface area contributed by atoms with Crippen molar-refractivity contribution in [1.29, 1.82) is 5.41 Å². The molecule has 0 saturated heterocycles. The smallest absolute Gasteiger partial charge is 0.341 e. The lowest BCUT2D eigenvalue weighted by molar-refractivity contribution is -0.137. The zero-order chi connectivity index (χ0) is 24.9. The van der Waals surface area contributed by atoms with Crippen LogP contribution >= 0.6 is 23.1 Å². The van der Waals surface area contributed by atoms with E-state index in [0.29, 0.717) is 26.6 Å². The molecule has 35 heavy (non-hydrogen) atoms. The second-order valence-electron chi connectivity index (χ2n) is 7.44. The minimum absolute atomic E-state index is 0.116. The van der Waals surface area contributed by atoms with Crippen LogP contribution < -0.4 is 5.73 Å². The highest BCUT2D eigenvalue weighted by atomic mass is 32.2. The number of ether oxygens (including phenoxy) is 2. The lowest BCUT2D eigenvalue weighted by Crippen LogP contribution is -2.12. The average Bonchev–Trinajstić information content (AvgIpc) is 3.36. The predicted molar refractivity (Wildman–Crippen MR) is 143 cm³/mol. The third kappa shape index (κ3) is 4.94. The van der Waals surface area contributed by atoms with Gasteiger partial charge in [-0.15, -0.1) is 11.3 Å². The van der Waals surface area contributed by atoms with E-state index >= 15 is 0 Å². The van der Waals surface area contributed by atoms with Crippen molar-refractivity contribution >= 4 is 56.7 Å². The van der Waals surface area contributed by atoms with Crippen LogP contribution in [0, 0.1) is 5.41 Å². The maximum absolute atomic E-state index is 12.8. The van der Waals surface area contributed by atoms with Crippen LogP contribution in [0.4, 0.5) is 5.00 Å². The summed E-state index contributed by atoms with van der Waals surface area (Å²) in [7, 11) is 0. The molecule has 6 nitrogen and oxygen atoms in total. The Hall–Kier alpha value is -3.62. The van der Waals surface area contributed by atoms with E-state index in [9.17, 15) is 9.59 Å². The number of thioether (sulfide) groups is 1. The molecule has 0 bridgehead atoms. The molecule has 2 aromatic carbocycles. The zero-order valence-corrected chi connectivity index (χ0v) is 20.9. The van der Waals surface area contributed by atoms with Crippen LogP contribution in [0.15, 0.2) is 71.1 Å². The number of esters is 2. The Labute approximate surface area is 212 Å². The van der Waals surface area contributed by atoms with E-state index in [-0.39, 0.29) is 23.8 Å². The average molecular weight is 505 g/mol. The molecule has 3 N–H and O–H groups in total. The quantitative estimate of drug-likeness (QED) is 0.368. The second-order valence-corrected chi connectivity index (χ2v) is 9.58. The van der Waals surface area contributed by atoms with E-state index in [1.54, 1.807) is 13.8 Å².